The molecule has 4 nitrogen and oxygen atoms in total. The van der Waals surface area contributed by atoms with E-state index in [0.717, 1.165) is 16.5 Å². The van der Waals surface area contributed by atoms with Crippen LogP contribution < -0.4 is 5.32 Å². The van der Waals surface area contributed by atoms with Gasteiger partial charge in [0.1, 0.15) is 0 Å². The fourth-order valence-corrected chi connectivity index (χ4v) is 1.57. The fourth-order valence-electron chi connectivity index (χ4n) is 1.57. The van der Waals surface area contributed by atoms with E-state index in [0.29, 0.717) is 6.54 Å². The summed E-state index contributed by atoms with van der Waals surface area (Å²) in [6.45, 7) is 0.530. The van der Waals surface area contributed by atoms with Crippen LogP contribution in [0, 0.1) is 0 Å². The second-order valence-corrected chi connectivity index (χ2v) is 4.08. The summed E-state index contributed by atoms with van der Waals surface area (Å²) < 4.78 is 0. The van der Waals surface area contributed by atoms with Crippen molar-refractivity contribution in [3.8, 4) is 0 Å². The first kappa shape index (κ1) is 11.4. The molecule has 0 spiro atoms. The molecule has 0 saturated heterocycles. The Morgan fingerprint density at radius 2 is 2.18 bits per heavy atom. The van der Waals surface area contributed by atoms with Gasteiger partial charge in [-0.25, -0.2) is 4.79 Å². The number of carbonyl (C=O) groups excluding carboxylic acids is 1. The van der Waals surface area contributed by atoms with Crippen molar-refractivity contribution < 1.29 is 4.79 Å². The van der Waals surface area contributed by atoms with Gasteiger partial charge in [-0.3, -0.25) is 4.98 Å². The van der Waals surface area contributed by atoms with E-state index in [1.807, 2.05) is 30.3 Å². The lowest BCUT2D eigenvalue weighted by molar-refractivity contribution is 0.217. The zero-order valence-corrected chi connectivity index (χ0v) is 9.97. The van der Waals surface area contributed by atoms with Crippen LogP contribution in [0.2, 0.25) is 0 Å². The summed E-state index contributed by atoms with van der Waals surface area (Å²) in [5.74, 6) is 0. The van der Waals surface area contributed by atoms with Crippen molar-refractivity contribution >= 4 is 16.9 Å². The van der Waals surface area contributed by atoms with E-state index in [1.54, 1.807) is 20.3 Å². The van der Waals surface area contributed by atoms with Crippen LogP contribution in [0.5, 0.6) is 0 Å². The van der Waals surface area contributed by atoms with E-state index in [4.69, 9.17) is 0 Å². The summed E-state index contributed by atoms with van der Waals surface area (Å²) in [5.41, 5.74) is 2.04. The predicted molar refractivity (Wildman–Crippen MR) is 67.7 cm³/mol. The lowest BCUT2D eigenvalue weighted by atomic mass is 10.1. The molecule has 0 aliphatic rings. The summed E-state index contributed by atoms with van der Waals surface area (Å²) in [5, 5.41) is 3.92. The smallest absolute Gasteiger partial charge is 0.317 e. The standard InChI is InChI=1S/C13H15N3O/c1-16(2)13(17)15-9-10-5-6-12-11(8-10)4-3-7-14-12/h3-8H,9H2,1-2H3,(H,15,17). The summed E-state index contributed by atoms with van der Waals surface area (Å²) in [6, 6.07) is 9.82. The van der Waals surface area contributed by atoms with E-state index >= 15 is 0 Å². The van der Waals surface area contributed by atoms with E-state index in [2.05, 4.69) is 10.3 Å². The minimum absolute atomic E-state index is 0.0868. The molecule has 2 aromatic rings. The van der Waals surface area contributed by atoms with Crippen molar-refractivity contribution in [1.82, 2.24) is 15.2 Å². The number of nitrogens with zero attached hydrogens (tertiary/aromatic N) is 2. The van der Waals surface area contributed by atoms with Gasteiger partial charge in [-0.05, 0) is 23.8 Å². The Kier molecular flexibility index (Phi) is 3.23. The van der Waals surface area contributed by atoms with Crippen LogP contribution in [-0.2, 0) is 6.54 Å². The molecule has 1 aromatic carbocycles. The first-order chi connectivity index (χ1) is 8.16. The number of nitrogens with one attached hydrogen (secondary N) is 1. The number of urea groups is 1. The predicted octanol–water partition coefficient (Wildman–Crippen LogP) is 2.01. The summed E-state index contributed by atoms with van der Waals surface area (Å²) >= 11 is 0. The van der Waals surface area contributed by atoms with E-state index in [9.17, 15) is 4.79 Å². The average Bonchev–Trinajstić information content (AvgIpc) is 2.35. The van der Waals surface area contributed by atoms with Crippen LogP contribution >= 0.6 is 0 Å². The molecule has 2 rings (SSSR count). The molecular weight excluding hydrogens is 214 g/mol. The number of hydrogen-bond donors (Lipinski definition) is 1. The van der Waals surface area contributed by atoms with Crippen LogP contribution in [0.1, 0.15) is 5.56 Å². The number of amides is 2. The van der Waals surface area contributed by atoms with Gasteiger partial charge in [0, 0.05) is 32.2 Å². The highest BCUT2D eigenvalue weighted by molar-refractivity contribution is 5.79. The Morgan fingerprint density at radius 1 is 1.35 bits per heavy atom. The second-order valence-electron chi connectivity index (χ2n) is 4.08. The monoisotopic (exact) mass is 229 g/mol. The van der Waals surface area contributed by atoms with Gasteiger partial charge in [0.2, 0.25) is 0 Å². The van der Waals surface area contributed by atoms with Gasteiger partial charge in [0.15, 0.2) is 0 Å². The Morgan fingerprint density at radius 3 is 2.94 bits per heavy atom. The summed E-state index contributed by atoms with van der Waals surface area (Å²) in [6.07, 6.45) is 1.77. The van der Waals surface area contributed by atoms with Gasteiger partial charge >= 0.3 is 6.03 Å². The molecule has 0 aliphatic carbocycles. The second kappa shape index (κ2) is 4.82. The van der Waals surface area contributed by atoms with Gasteiger partial charge in [-0.1, -0.05) is 12.1 Å². The Bertz CT molecular complexity index is 537. The largest absolute Gasteiger partial charge is 0.334 e. The topological polar surface area (TPSA) is 45.2 Å². The van der Waals surface area contributed by atoms with E-state index < -0.39 is 0 Å². The van der Waals surface area contributed by atoms with Gasteiger partial charge in [-0.15, -0.1) is 0 Å². The molecule has 0 atom stereocenters. The van der Waals surface area contributed by atoms with Crippen LogP contribution in [-0.4, -0.2) is 30.0 Å². The minimum atomic E-state index is -0.0868. The molecule has 0 fully saturated rings. The molecular formula is C13H15N3O. The quantitative estimate of drug-likeness (QED) is 0.856. The van der Waals surface area contributed by atoms with Crippen molar-refractivity contribution in [2.75, 3.05) is 14.1 Å². The summed E-state index contributed by atoms with van der Waals surface area (Å²) in [7, 11) is 3.44. The third-order valence-corrected chi connectivity index (χ3v) is 2.52. The van der Waals surface area contributed by atoms with E-state index in [1.165, 1.54) is 4.90 Å². The lowest BCUT2D eigenvalue weighted by Gasteiger charge is -2.12. The average molecular weight is 229 g/mol. The normalized spacial score (nSPS) is 10.2. The maximum Gasteiger partial charge on any atom is 0.317 e. The Balaban J connectivity index is 2.12. The highest BCUT2D eigenvalue weighted by atomic mass is 16.2. The van der Waals surface area contributed by atoms with Crippen LogP contribution in [0.3, 0.4) is 0 Å². The van der Waals surface area contributed by atoms with Gasteiger partial charge in [-0.2, -0.15) is 0 Å². The van der Waals surface area contributed by atoms with Crippen molar-refractivity contribution in [2.45, 2.75) is 6.54 Å². The molecule has 88 valence electrons. The molecule has 0 bridgehead atoms. The number of benzene rings is 1. The van der Waals surface area contributed by atoms with Gasteiger partial charge in [0.25, 0.3) is 0 Å². The van der Waals surface area contributed by atoms with Crippen molar-refractivity contribution in [1.29, 1.82) is 0 Å². The molecule has 0 aliphatic heterocycles. The summed E-state index contributed by atoms with van der Waals surface area (Å²) in [4.78, 5) is 17.1. The first-order valence-electron chi connectivity index (χ1n) is 5.45. The SMILES string of the molecule is CN(C)C(=O)NCc1ccc2ncccc2c1. The number of fused-ring (bicyclic) bond motifs is 1. The minimum Gasteiger partial charge on any atom is -0.334 e. The molecule has 1 heterocycles. The van der Waals surface area contributed by atoms with Crippen molar-refractivity contribution in [3.63, 3.8) is 0 Å². The van der Waals surface area contributed by atoms with Crippen LogP contribution in [0.4, 0.5) is 4.79 Å². The highest BCUT2D eigenvalue weighted by Crippen LogP contribution is 2.13. The molecule has 4 heteroatoms. The third kappa shape index (κ3) is 2.72. The maximum atomic E-state index is 11.4. The molecule has 0 unspecified atom stereocenters. The number of rotatable bonds is 2. The first-order valence-corrected chi connectivity index (χ1v) is 5.45. The number of aromatic nitrogens is 1. The number of pyridine rings is 1. The fraction of sp³-hybridized carbons (Fsp3) is 0.231. The van der Waals surface area contributed by atoms with Gasteiger partial charge < -0.3 is 10.2 Å². The molecule has 0 saturated carbocycles. The van der Waals surface area contributed by atoms with Crippen molar-refractivity contribution in [3.05, 3.63) is 42.1 Å². The molecule has 1 aromatic heterocycles. The zero-order valence-electron chi connectivity index (χ0n) is 9.97. The van der Waals surface area contributed by atoms with E-state index in [-0.39, 0.29) is 6.03 Å². The number of hydrogen-bond acceptors (Lipinski definition) is 2. The molecule has 1 N–H and O–H groups in total. The molecule has 2 amide bonds. The Labute approximate surface area is 100 Å². The Hall–Kier alpha value is -2.10. The molecule has 0 radical (unpaired) electrons. The molecule has 17 heavy (non-hydrogen) atoms. The van der Waals surface area contributed by atoms with Crippen LogP contribution in [0.25, 0.3) is 10.9 Å². The highest BCUT2D eigenvalue weighted by Gasteiger charge is 2.02. The van der Waals surface area contributed by atoms with Crippen LogP contribution in [0.15, 0.2) is 36.5 Å². The van der Waals surface area contributed by atoms with Gasteiger partial charge in [0.05, 0.1) is 5.52 Å². The number of carbonyl (C=O) groups is 1. The third-order valence-electron chi connectivity index (χ3n) is 2.52. The zero-order chi connectivity index (χ0) is 12.3. The maximum absolute atomic E-state index is 11.4. The van der Waals surface area contributed by atoms with Crippen molar-refractivity contribution in [2.24, 2.45) is 0 Å². The lowest BCUT2D eigenvalue weighted by Crippen LogP contribution is -2.33.